The summed E-state index contributed by atoms with van der Waals surface area (Å²) in [5.74, 6) is 0. The summed E-state index contributed by atoms with van der Waals surface area (Å²) in [6, 6.07) is 5.90. The molecule has 0 amide bonds. The first kappa shape index (κ1) is 17.3. The van der Waals surface area contributed by atoms with Crippen LogP contribution in [0.3, 0.4) is 0 Å². The lowest BCUT2D eigenvalue weighted by Gasteiger charge is -2.44. The molecule has 1 heterocycles. The van der Waals surface area contributed by atoms with Crippen LogP contribution in [0.4, 0.5) is 0 Å². The van der Waals surface area contributed by atoms with Crippen molar-refractivity contribution in [2.45, 2.75) is 57.6 Å². The second-order valence-electron chi connectivity index (χ2n) is 5.96. The highest BCUT2D eigenvalue weighted by atomic mass is 79.9. The maximum Gasteiger partial charge on any atom is 0.0764 e. The monoisotopic (exact) mass is 373 g/mol. The second-order valence-corrected chi connectivity index (χ2v) is 7.28. The Bertz CT molecular complexity index is 470. The fourth-order valence-electron chi connectivity index (χ4n) is 3.63. The van der Waals surface area contributed by atoms with E-state index in [9.17, 15) is 5.11 Å². The smallest absolute Gasteiger partial charge is 0.0764 e. The quantitative estimate of drug-likeness (QED) is 0.782. The fourth-order valence-corrected chi connectivity index (χ4v) is 4.38. The van der Waals surface area contributed by atoms with Gasteiger partial charge in [0, 0.05) is 21.5 Å². The zero-order chi connectivity index (χ0) is 15.5. The third kappa shape index (κ3) is 3.64. The highest BCUT2D eigenvalue weighted by Gasteiger charge is 2.41. The lowest BCUT2D eigenvalue weighted by molar-refractivity contribution is -0.0269. The molecule has 1 unspecified atom stereocenters. The lowest BCUT2D eigenvalue weighted by atomic mass is 9.82. The molecule has 2 nitrogen and oxygen atoms in total. The summed E-state index contributed by atoms with van der Waals surface area (Å²) in [5, 5.41) is 11.7. The third-order valence-corrected chi connectivity index (χ3v) is 5.85. The van der Waals surface area contributed by atoms with Gasteiger partial charge in [-0.25, -0.2) is 0 Å². The van der Waals surface area contributed by atoms with Gasteiger partial charge in [-0.3, -0.25) is 4.90 Å². The molecule has 0 aliphatic carbocycles. The summed E-state index contributed by atoms with van der Waals surface area (Å²) in [7, 11) is 0. The molecule has 0 aromatic heterocycles. The van der Waals surface area contributed by atoms with Gasteiger partial charge in [0.1, 0.15) is 0 Å². The molecule has 1 aliphatic rings. The van der Waals surface area contributed by atoms with Crippen LogP contribution in [0.1, 0.15) is 45.1 Å². The Hall–Kier alpha value is -0.0900. The molecule has 0 saturated carbocycles. The van der Waals surface area contributed by atoms with Gasteiger partial charge in [-0.15, -0.1) is 0 Å². The standard InChI is InChI=1S/C17H25BrClNO/c1-3-17(4-2,20-9-5-6-10-20)16(21)11-13-7-8-14(18)12-15(13)19/h7-8,12,16,21H,3-6,9-11H2,1-2H3. The van der Waals surface area contributed by atoms with Gasteiger partial charge in [-0.05, 0) is 56.5 Å². The Morgan fingerprint density at radius 1 is 1.29 bits per heavy atom. The average Bonchev–Trinajstić information content (AvgIpc) is 2.99. The first-order chi connectivity index (χ1) is 10.0. The Kier molecular flexibility index (Phi) is 6.13. The summed E-state index contributed by atoms with van der Waals surface area (Å²) >= 11 is 9.74. The van der Waals surface area contributed by atoms with E-state index in [0.29, 0.717) is 6.42 Å². The number of halogens is 2. The van der Waals surface area contributed by atoms with E-state index in [-0.39, 0.29) is 11.6 Å². The van der Waals surface area contributed by atoms with E-state index < -0.39 is 0 Å². The van der Waals surface area contributed by atoms with Gasteiger partial charge in [-0.2, -0.15) is 0 Å². The molecule has 1 saturated heterocycles. The number of aliphatic hydroxyl groups excluding tert-OH is 1. The summed E-state index contributed by atoms with van der Waals surface area (Å²) in [5.41, 5.74) is 0.908. The Balaban J connectivity index is 2.20. The molecule has 1 aromatic rings. The molecule has 1 aliphatic heterocycles. The van der Waals surface area contributed by atoms with Crippen molar-refractivity contribution < 1.29 is 5.11 Å². The minimum absolute atomic E-state index is 0.118. The maximum atomic E-state index is 11.0. The lowest BCUT2D eigenvalue weighted by Crippen LogP contribution is -2.55. The largest absolute Gasteiger partial charge is 0.391 e. The zero-order valence-electron chi connectivity index (χ0n) is 12.9. The SMILES string of the molecule is CCC(CC)(C(O)Cc1ccc(Br)cc1Cl)N1CCCC1. The van der Waals surface area contributed by atoms with Crippen LogP contribution in [-0.2, 0) is 6.42 Å². The van der Waals surface area contributed by atoms with Crippen LogP contribution in [0.2, 0.25) is 5.02 Å². The van der Waals surface area contributed by atoms with Gasteiger partial charge >= 0.3 is 0 Å². The highest BCUT2D eigenvalue weighted by molar-refractivity contribution is 9.10. The topological polar surface area (TPSA) is 23.5 Å². The number of benzene rings is 1. The van der Waals surface area contributed by atoms with Gasteiger partial charge in [-0.1, -0.05) is 47.4 Å². The van der Waals surface area contributed by atoms with E-state index in [1.165, 1.54) is 12.8 Å². The zero-order valence-corrected chi connectivity index (χ0v) is 15.3. The predicted molar refractivity (Wildman–Crippen MR) is 93.0 cm³/mol. The predicted octanol–water partition coefficient (Wildman–Crippen LogP) is 4.66. The van der Waals surface area contributed by atoms with Gasteiger partial charge in [0.2, 0.25) is 0 Å². The van der Waals surface area contributed by atoms with Crippen molar-refractivity contribution in [3.05, 3.63) is 33.3 Å². The summed E-state index contributed by atoms with van der Waals surface area (Å²) in [6.45, 7) is 6.59. The first-order valence-corrected chi connectivity index (χ1v) is 9.07. The van der Waals surface area contributed by atoms with E-state index in [1.54, 1.807) is 0 Å². The molecule has 118 valence electrons. The molecule has 1 fully saturated rings. The van der Waals surface area contributed by atoms with Crippen LogP contribution >= 0.6 is 27.5 Å². The minimum atomic E-state index is -0.385. The molecular formula is C17H25BrClNO. The Morgan fingerprint density at radius 2 is 1.90 bits per heavy atom. The van der Waals surface area contributed by atoms with Crippen molar-refractivity contribution >= 4 is 27.5 Å². The van der Waals surface area contributed by atoms with Crippen LogP contribution in [0.5, 0.6) is 0 Å². The first-order valence-electron chi connectivity index (χ1n) is 7.90. The van der Waals surface area contributed by atoms with Crippen LogP contribution in [0.15, 0.2) is 22.7 Å². The summed E-state index contributed by atoms with van der Waals surface area (Å²) < 4.78 is 0.975. The molecule has 1 N–H and O–H groups in total. The summed E-state index contributed by atoms with van der Waals surface area (Å²) in [4.78, 5) is 2.49. The van der Waals surface area contributed by atoms with Gasteiger partial charge < -0.3 is 5.11 Å². The number of hydrogen-bond acceptors (Lipinski definition) is 2. The molecule has 4 heteroatoms. The van der Waals surface area contributed by atoms with Crippen molar-refractivity contribution in [1.82, 2.24) is 4.90 Å². The molecule has 2 rings (SSSR count). The molecule has 1 atom stereocenters. The maximum absolute atomic E-state index is 11.0. The van der Waals surface area contributed by atoms with Crippen molar-refractivity contribution in [3.63, 3.8) is 0 Å². The normalized spacial score (nSPS) is 18.1. The number of hydrogen-bond donors (Lipinski definition) is 1. The van der Waals surface area contributed by atoms with Crippen LogP contribution in [-0.4, -0.2) is 34.7 Å². The van der Waals surface area contributed by atoms with Crippen LogP contribution < -0.4 is 0 Å². The average molecular weight is 375 g/mol. The van der Waals surface area contributed by atoms with Gasteiger partial charge in [0.15, 0.2) is 0 Å². The number of nitrogens with zero attached hydrogens (tertiary/aromatic N) is 1. The van der Waals surface area contributed by atoms with E-state index in [1.807, 2.05) is 18.2 Å². The third-order valence-electron chi connectivity index (χ3n) is 5.01. The molecular weight excluding hydrogens is 350 g/mol. The van der Waals surface area contributed by atoms with Crippen molar-refractivity contribution in [1.29, 1.82) is 0 Å². The van der Waals surface area contributed by atoms with Crippen molar-refractivity contribution in [2.75, 3.05) is 13.1 Å². The fraction of sp³-hybridized carbons (Fsp3) is 0.647. The van der Waals surface area contributed by atoms with E-state index >= 15 is 0 Å². The minimum Gasteiger partial charge on any atom is -0.391 e. The van der Waals surface area contributed by atoms with E-state index in [2.05, 4.69) is 34.7 Å². The molecule has 21 heavy (non-hydrogen) atoms. The number of rotatable bonds is 6. The van der Waals surface area contributed by atoms with Crippen LogP contribution in [0, 0.1) is 0 Å². The van der Waals surface area contributed by atoms with Gasteiger partial charge in [0.05, 0.1) is 6.10 Å². The van der Waals surface area contributed by atoms with Gasteiger partial charge in [0.25, 0.3) is 0 Å². The highest BCUT2D eigenvalue weighted by Crippen LogP contribution is 2.34. The van der Waals surface area contributed by atoms with Crippen molar-refractivity contribution in [2.24, 2.45) is 0 Å². The molecule has 0 spiro atoms. The van der Waals surface area contributed by atoms with Crippen molar-refractivity contribution in [3.8, 4) is 0 Å². The molecule has 0 bridgehead atoms. The number of aliphatic hydroxyl groups is 1. The summed E-state index contributed by atoms with van der Waals surface area (Å²) in [6.07, 6.45) is 4.66. The Morgan fingerprint density at radius 3 is 2.43 bits per heavy atom. The number of likely N-dealkylation sites (tertiary alicyclic amines) is 1. The van der Waals surface area contributed by atoms with E-state index in [4.69, 9.17) is 11.6 Å². The molecule has 1 aromatic carbocycles. The molecule has 0 radical (unpaired) electrons. The van der Waals surface area contributed by atoms with Crippen LogP contribution in [0.25, 0.3) is 0 Å². The second kappa shape index (κ2) is 7.45. The Labute approximate surface area is 141 Å². The van der Waals surface area contributed by atoms with E-state index in [0.717, 1.165) is 41.0 Å².